The van der Waals surface area contributed by atoms with Gasteiger partial charge >= 0.3 is 0 Å². The molecule has 0 atom stereocenters. The van der Waals surface area contributed by atoms with Gasteiger partial charge in [-0.3, -0.25) is 9.59 Å². The molecule has 0 saturated carbocycles. The number of carbonyl (C=O) groups is 2. The van der Waals surface area contributed by atoms with E-state index in [0.717, 1.165) is 12.0 Å². The number of hydrogen-bond acceptors (Lipinski definition) is 3. The molecule has 0 aliphatic carbocycles. The molecule has 18 heavy (non-hydrogen) atoms. The van der Waals surface area contributed by atoms with Crippen LogP contribution in [0.2, 0.25) is 0 Å². The van der Waals surface area contributed by atoms with Gasteiger partial charge in [0, 0.05) is 19.0 Å². The Morgan fingerprint density at radius 3 is 2.44 bits per heavy atom. The maximum absolute atomic E-state index is 11.5. The number of nitrogens with one attached hydrogen (secondary N) is 1. The van der Waals surface area contributed by atoms with Gasteiger partial charge in [0.25, 0.3) is 0 Å². The van der Waals surface area contributed by atoms with Crippen molar-refractivity contribution in [1.29, 1.82) is 0 Å². The van der Waals surface area contributed by atoms with Crippen LogP contribution in [0.15, 0.2) is 36.0 Å². The van der Waals surface area contributed by atoms with E-state index < -0.39 is 0 Å². The lowest BCUT2D eigenvalue weighted by molar-refractivity contribution is -0.114. The average Bonchev–Trinajstić information content (AvgIpc) is 2.34. The summed E-state index contributed by atoms with van der Waals surface area (Å²) in [7, 11) is 0. The molecule has 3 heteroatoms. The zero-order valence-corrected chi connectivity index (χ0v) is 11.1. The molecule has 96 valence electrons. The van der Waals surface area contributed by atoms with Gasteiger partial charge in [-0.2, -0.15) is 0 Å². The maximum atomic E-state index is 11.5. The lowest BCUT2D eigenvalue weighted by Gasteiger charge is -2.10. The van der Waals surface area contributed by atoms with Crippen molar-refractivity contribution in [3.63, 3.8) is 0 Å². The van der Waals surface area contributed by atoms with E-state index >= 15 is 0 Å². The van der Waals surface area contributed by atoms with E-state index in [9.17, 15) is 9.59 Å². The molecule has 0 heterocycles. The summed E-state index contributed by atoms with van der Waals surface area (Å²) in [5.74, 6) is 0.0494. The summed E-state index contributed by atoms with van der Waals surface area (Å²) in [5, 5.41) is 3.09. The minimum atomic E-state index is 0.0113. The average molecular weight is 245 g/mol. The standard InChI is InChI=1S/C15H19NO2/c1-4-7-15(12(3)18)16-10-13-8-5-6-9-14(13)11(2)17/h5-9,16H,4,10H2,1-3H3/b15-7+. The lowest BCUT2D eigenvalue weighted by Crippen LogP contribution is -2.19. The number of carbonyl (C=O) groups excluding carboxylic acids is 2. The second-order valence-electron chi connectivity index (χ2n) is 4.15. The van der Waals surface area contributed by atoms with Crippen molar-refractivity contribution in [1.82, 2.24) is 5.32 Å². The van der Waals surface area contributed by atoms with Crippen LogP contribution in [0.1, 0.15) is 43.1 Å². The zero-order valence-electron chi connectivity index (χ0n) is 11.1. The van der Waals surface area contributed by atoms with Crippen LogP contribution in [-0.4, -0.2) is 11.6 Å². The molecule has 3 nitrogen and oxygen atoms in total. The van der Waals surface area contributed by atoms with Crippen LogP contribution in [0.25, 0.3) is 0 Å². The molecule has 0 aromatic heterocycles. The first-order chi connectivity index (χ1) is 8.56. The molecule has 0 unspecified atom stereocenters. The monoisotopic (exact) mass is 245 g/mol. The third-order valence-corrected chi connectivity index (χ3v) is 2.65. The van der Waals surface area contributed by atoms with Gasteiger partial charge in [0.05, 0.1) is 5.70 Å². The van der Waals surface area contributed by atoms with E-state index in [1.54, 1.807) is 13.0 Å². The van der Waals surface area contributed by atoms with Crippen LogP contribution in [0.4, 0.5) is 0 Å². The van der Waals surface area contributed by atoms with Crippen molar-refractivity contribution in [3.8, 4) is 0 Å². The van der Waals surface area contributed by atoms with Crippen molar-refractivity contribution in [2.75, 3.05) is 0 Å². The van der Waals surface area contributed by atoms with Crippen LogP contribution < -0.4 is 5.32 Å². The van der Waals surface area contributed by atoms with E-state index in [0.29, 0.717) is 17.8 Å². The van der Waals surface area contributed by atoms with Gasteiger partial charge in [0.15, 0.2) is 11.6 Å². The maximum Gasteiger partial charge on any atom is 0.175 e. The molecule has 0 aliphatic rings. The van der Waals surface area contributed by atoms with Gasteiger partial charge in [0.2, 0.25) is 0 Å². The lowest BCUT2D eigenvalue weighted by atomic mass is 10.0. The number of ketones is 2. The van der Waals surface area contributed by atoms with Crippen molar-refractivity contribution < 1.29 is 9.59 Å². The number of benzene rings is 1. The largest absolute Gasteiger partial charge is 0.378 e. The highest BCUT2D eigenvalue weighted by Gasteiger charge is 2.07. The normalized spacial score (nSPS) is 11.2. The van der Waals surface area contributed by atoms with Crippen LogP contribution >= 0.6 is 0 Å². The molecule has 0 radical (unpaired) electrons. The Kier molecular flexibility index (Phi) is 5.31. The summed E-state index contributed by atoms with van der Waals surface area (Å²) in [6.45, 7) is 5.55. The molecule has 1 aromatic carbocycles. The first-order valence-corrected chi connectivity index (χ1v) is 6.10. The summed E-state index contributed by atoms with van der Waals surface area (Å²) < 4.78 is 0. The van der Waals surface area contributed by atoms with Crippen molar-refractivity contribution in [2.45, 2.75) is 33.7 Å². The molecule has 0 aliphatic heterocycles. The molecule has 0 bridgehead atoms. The molecule has 0 saturated heterocycles. The third kappa shape index (κ3) is 3.84. The van der Waals surface area contributed by atoms with E-state index in [1.807, 2.05) is 31.2 Å². The fourth-order valence-corrected chi connectivity index (χ4v) is 1.75. The Labute approximate surface area is 108 Å². The molecule has 0 amide bonds. The van der Waals surface area contributed by atoms with E-state index in [-0.39, 0.29) is 11.6 Å². The Morgan fingerprint density at radius 1 is 1.22 bits per heavy atom. The summed E-state index contributed by atoms with van der Waals surface area (Å²) in [6.07, 6.45) is 2.66. The van der Waals surface area contributed by atoms with Crippen LogP contribution in [0.3, 0.4) is 0 Å². The smallest absolute Gasteiger partial charge is 0.175 e. The van der Waals surface area contributed by atoms with Gasteiger partial charge in [0.1, 0.15) is 0 Å². The highest BCUT2D eigenvalue weighted by molar-refractivity contribution is 5.95. The SMILES string of the molecule is CC/C=C(/NCc1ccccc1C(C)=O)C(C)=O. The summed E-state index contributed by atoms with van der Waals surface area (Å²) in [4.78, 5) is 22.8. The van der Waals surface area contributed by atoms with Crippen LogP contribution in [0, 0.1) is 0 Å². The first kappa shape index (κ1) is 14.2. The highest BCUT2D eigenvalue weighted by Crippen LogP contribution is 2.10. The van der Waals surface area contributed by atoms with Gasteiger partial charge in [-0.1, -0.05) is 37.3 Å². The Hall–Kier alpha value is -1.90. The van der Waals surface area contributed by atoms with Gasteiger partial charge in [-0.25, -0.2) is 0 Å². The molecular weight excluding hydrogens is 226 g/mol. The van der Waals surface area contributed by atoms with Gasteiger partial charge in [-0.15, -0.1) is 0 Å². The fraction of sp³-hybridized carbons (Fsp3) is 0.333. The predicted molar refractivity (Wildman–Crippen MR) is 72.3 cm³/mol. The molecule has 1 N–H and O–H groups in total. The van der Waals surface area contributed by atoms with Gasteiger partial charge in [-0.05, 0) is 18.9 Å². The van der Waals surface area contributed by atoms with E-state index in [2.05, 4.69) is 5.32 Å². The molecule has 1 aromatic rings. The van der Waals surface area contributed by atoms with Crippen LogP contribution in [0.5, 0.6) is 0 Å². The second kappa shape index (κ2) is 6.74. The number of Topliss-reactive ketones (excluding diaryl/α,β-unsaturated/α-hetero) is 2. The topological polar surface area (TPSA) is 46.2 Å². The van der Waals surface area contributed by atoms with Crippen molar-refractivity contribution in [3.05, 3.63) is 47.2 Å². The van der Waals surface area contributed by atoms with E-state index in [4.69, 9.17) is 0 Å². The van der Waals surface area contributed by atoms with Crippen molar-refractivity contribution in [2.24, 2.45) is 0 Å². The summed E-state index contributed by atoms with van der Waals surface area (Å²) in [6, 6.07) is 7.43. The summed E-state index contributed by atoms with van der Waals surface area (Å²) >= 11 is 0. The van der Waals surface area contributed by atoms with Crippen molar-refractivity contribution >= 4 is 11.6 Å². The van der Waals surface area contributed by atoms with Crippen LogP contribution in [-0.2, 0) is 11.3 Å². The second-order valence-corrected chi connectivity index (χ2v) is 4.15. The Bertz CT molecular complexity index is 475. The highest BCUT2D eigenvalue weighted by atomic mass is 16.1. The molecule has 1 rings (SSSR count). The first-order valence-electron chi connectivity index (χ1n) is 6.10. The minimum absolute atomic E-state index is 0.0113. The molecule has 0 fully saturated rings. The van der Waals surface area contributed by atoms with Gasteiger partial charge < -0.3 is 5.32 Å². The van der Waals surface area contributed by atoms with E-state index in [1.165, 1.54) is 6.92 Å². The fourth-order valence-electron chi connectivity index (χ4n) is 1.75. The molecular formula is C15H19NO2. The Balaban J connectivity index is 2.83. The predicted octanol–water partition coefficient (Wildman–Crippen LogP) is 2.86. The quantitative estimate of drug-likeness (QED) is 0.619. The number of hydrogen-bond donors (Lipinski definition) is 1. The number of allylic oxidation sites excluding steroid dienone is 2. The number of rotatable bonds is 6. The minimum Gasteiger partial charge on any atom is -0.378 e. The zero-order chi connectivity index (χ0) is 13.5. The summed E-state index contributed by atoms with van der Waals surface area (Å²) in [5.41, 5.74) is 2.22. The third-order valence-electron chi connectivity index (χ3n) is 2.65. The Morgan fingerprint density at radius 2 is 1.89 bits per heavy atom. The molecule has 0 spiro atoms.